The number of hydrogen-bond donors (Lipinski definition) is 2. The zero-order valence-corrected chi connectivity index (χ0v) is 12.0. The fourth-order valence-electron chi connectivity index (χ4n) is 1.56. The highest BCUT2D eigenvalue weighted by Gasteiger charge is 2.34. The van der Waals surface area contributed by atoms with Gasteiger partial charge in [0.15, 0.2) is 6.61 Å². The molecule has 4 nitrogen and oxygen atoms in total. The first-order chi connectivity index (χ1) is 9.74. The largest absolute Gasteiger partial charge is 0.483 e. The van der Waals surface area contributed by atoms with E-state index in [9.17, 15) is 18.0 Å². The molecule has 0 saturated carbocycles. The average molecular weight is 304 g/mol. The first-order valence-corrected chi connectivity index (χ1v) is 6.53. The van der Waals surface area contributed by atoms with Gasteiger partial charge in [-0.3, -0.25) is 4.79 Å². The van der Waals surface area contributed by atoms with Crippen LogP contribution in [0.3, 0.4) is 0 Å². The van der Waals surface area contributed by atoms with E-state index in [4.69, 9.17) is 10.5 Å². The number of carbonyl (C=O) groups excluding carboxylic acids is 1. The van der Waals surface area contributed by atoms with Crippen LogP contribution >= 0.6 is 0 Å². The van der Waals surface area contributed by atoms with E-state index in [1.807, 2.05) is 13.8 Å². The maximum Gasteiger partial charge on any atom is 0.419 e. The van der Waals surface area contributed by atoms with Crippen molar-refractivity contribution in [3.8, 4) is 5.75 Å². The van der Waals surface area contributed by atoms with Crippen molar-refractivity contribution in [3.05, 3.63) is 29.3 Å². The van der Waals surface area contributed by atoms with Gasteiger partial charge in [-0.2, -0.15) is 13.2 Å². The van der Waals surface area contributed by atoms with Crippen molar-refractivity contribution in [1.29, 1.82) is 0 Å². The molecule has 0 radical (unpaired) electrons. The number of ether oxygens (including phenoxy) is 1. The Hall–Kier alpha value is -1.76. The molecule has 1 aromatic carbocycles. The van der Waals surface area contributed by atoms with Crippen molar-refractivity contribution < 1.29 is 22.7 Å². The maximum atomic E-state index is 12.9. The van der Waals surface area contributed by atoms with Crippen molar-refractivity contribution in [3.63, 3.8) is 0 Å². The predicted molar refractivity (Wildman–Crippen MR) is 72.7 cm³/mol. The molecule has 7 heteroatoms. The molecular formula is C14H19F3N2O2. The van der Waals surface area contributed by atoms with Crippen LogP contribution in [0.4, 0.5) is 13.2 Å². The molecule has 21 heavy (non-hydrogen) atoms. The summed E-state index contributed by atoms with van der Waals surface area (Å²) in [6.07, 6.45) is -4.56. The topological polar surface area (TPSA) is 64.3 Å². The second-order valence-electron chi connectivity index (χ2n) is 5.02. The SMILES string of the molecule is CC(C)CNC(=O)COc1ccc(CN)cc1C(F)(F)F. The molecule has 1 aromatic rings. The monoisotopic (exact) mass is 304 g/mol. The smallest absolute Gasteiger partial charge is 0.419 e. The number of nitrogens with one attached hydrogen (secondary N) is 1. The third-order valence-corrected chi connectivity index (χ3v) is 2.65. The summed E-state index contributed by atoms with van der Waals surface area (Å²) >= 11 is 0. The summed E-state index contributed by atoms with van der Waals surface area (Å²) in [6, 6.07) is 3.55. The molecule has 0 aromatic heterocycles. The van der Waals surface area contributed by atoms with Gasteiger partial charge in [-0.25, -0.2) is 0 Å². The highest BCUT2D eigenvalue weighted by atomic mass is 19.4. The van der Waals surface area contributed by atoms with E-state index in [1.165, 1.54) is 12.1 Å². The summed E-state index contributed by atoms with van der Waals surface area (Å²) in [6.45, 7) is 3.80. The van der Waals surface area contributed by atoms with Gasteiger partial charge in [-0.05, 0) is 23.6 Å². The van der Waals surface area contributed by atoms with E-state index in [0.29, 0.717) is 12.1 Å². The second-order valence-corrected chi connectivity index (χ2v) is 5.02. The lowest BCUT2D eigenvalue weighted by Gasteiger charge is -2.15. The predicted octanol–water partition coefficient (Wildman–Crippen LogP) is 2.32. The summed E-state index contributed by atoms with van der Waals surface area (Å²) in [4.78, 5) is 11.5. The Labute approximate surface area is 121 Å². The van der Waals surface area contributed by atoms with Crippen LogP contribution in [-0.2, 0) is 17.5 Å². The van der Waals surface area contributed by atoms with Gasteiger partial charge in [0.05, 0.1) is 5.56 Å². The van der Waals surface area contributed by atoms with Crippen LogP contribution in [0.1, 0.15) is 25.0 Å². The Kier molecular flexibility index (Phi) is 6.02. The van der Waals surface area contributed by atoms with Gasteiger partial charge in [-0.15, -0.1) is 0 Å². The fourth-order valence-corrected chi connectivity index (χ4v) is 1.56. The molecule has 0 fully saturated rings. The number of halogens is 3. The number of carbonyl (C=O) groups is 1. The highest BCUT2D eigenvalue weighted by molar-refractivity contribution is 5.77. The molecule has 0 aliphatic carbocycles. The van der Waals surface area contributed by atoms with E-state index in [2.05, 4.69) is 5.32 Å². The molecule has 1 amide bonds. The Morgan fingerprint density at radius 1 is 1.38 bits per heavy atom. The first kappa shape index (κ1) is 17.3. The Morgan fingerprint density at radius 3 is 2.57 bits per heavy atom. The van der Waals surface area contributed by atoms with Crippen LogP contribution < -0.4 is 15.8 Å². The summed E-state index contributed by atoms with van der Waals surface area (Å²) in [5.74, 6) is -0.581. The first-order valence-electron chi connectivity index (χ1n) is 6.53. The third kappa shape index (κ3) is 5.63. The molecular weight excluding hydrogens is 285 g/mol. The minimum absolute atomic E-state index is 0.00175. The van der Waals surface area contributed by atoms with Gasteiger partial charge >= 0.3 is 6.18 Å². The fraction of sp³-hybridized carbons (Fsp3) is 0.500. The van der Waals surface area contributed by atoms with E-state index >= 15 is 0 Å². The third-order valence-electron chi connectivity index (χ3n) is 2.65. The van der Waals surface area contributed by atoms with E-state index < -0.39 is 24.3 Å². The number of hydrogen-bond acceptors (Lipinski definition) is 3. The average Bonchev–Trinajstić information content (AvgIpc) is 2.41. The molecule has 0 atom stereocenters. The Balaban J connectivity index is 2.77. The number of nitrogens with two attached hydrogens (primary N) is 1. The quantitative estimate of drug-likeness (QED) is 0.847. The molecule has 118 valence electrons. The molecule has 0 aliphatic rings. The van der Waals surface area contributed by atoms with E-state index in [1.54, 1.807) is 0 Å². The van der Waals surface area contributed by atoms with Gasteiger partial charge < -0.3 is 15.8 Å². The number of benzene rings is 1. The molecule has 0 unspecified atom stereocenters. The number of amides is 1. The minimum Gasteiger partial charge on any atom is -0.483 e. The lowest BCUT2D eigenvalue weighted by atomic mass is 10.1. The second kappa shape index (κ2) is 7.31. The van der Waals surface area contributed by atoms with E-state index in [0.717, 1.165) is 6.07 Å². The van der Waals surface area contributed by atoms with Crippen LogP contribution in [0.5, 0.6) is 5.75 Å². The summed E-state index contributed by atoms with van der Waals surface area (Å²) in [7, 11) is 0. The zero-order valence-electron chi connectivity index (χ0n) is 12.0. The standard InChI is InChI=1S/C14H19F3N2O2/c1-9(2)7-19-13(20)8-21-12-4-3-10(6-18)5-11(12)14(15,16)17/h3-5,9H,6-8,18H2,1-2H3,(H,19,20). The van der Waals surface area contributed by atoms with Crippen molar-refractivity contribution in [1.82, 2.24) is 5.32 Å². The summed E-state index contributed by atoms with van der Waals surface area (Å²) in [5, 5.41) is 2.57. The lowest BCUT2D eigenvalue weighted by Crippen LogP contribution is -2.32. The van der Waals surface area contributed by atoms with Crippen LogP contribution in [0, 0.1) is 5.92 Å². The highest BCUT2D eigenvalue weighted by Crippen LogP contribution is 2.36. The van der Waals surface area contributed by atoms with Gasteiger partial charge in [0, 0.05) is 13.1 Å². The molecule has 0 aliphatic heterocycles. The van der Waals surface area contributed by atoms with Gasteiger partial charge in [-0.1, -0.05) is 19.9 Å². The van der Waals surface area contributed by atoms with Gasteiger partial charge in [0.25, 0.3) is 5.91 Å². The van der Waals surface area contributed by atoms with Gasteiger partial charge in [0.1, 0.15) is 5.75 Å². The molecule has 0 bridgehead atoms. The summed E-state index contributed by atoms with van der Waals surface area (Å²) in [5.41, 5.74) is 4.75. The number of rotatable bonds is 6. The van der Waals surface area contributed by atoms with Gasteiger partial charge in [0.2, 0.25) is 0 Å². The molecule has 0 heterocycles. The normalized spacial score (nSPS) is 11.6. The maximum absolute atomic E-state index is 12.9. The number of alkyl halides is 3. The Morgan fingerprint density at radius 2 is 2.05 bits per heavy atom. The van der Waals surface area contributed by atoms with Crippen LogP contribution in [0.15, 0.2) is 18.2 Å². The van der Waals surface area contributed by atoms with Crippen molar-refractivity contribution in [2.75, 3.05) is 13.2 Å². The van der Waals surface area contributed by atoms with Crippen molar-refractivity contribution in [2.24, 2.45) is 11.7 Å². The molecule has 0 spiro atoms. The van der Waals surface area contributed by atoms with Crippen molar-refractivity contribution in [2.45, 2.75) is 26.6 Å². The van der Waals surface area contributed by atoms with Crippen LogP contribution in [0.2, 0.25) is 0 Å². The minimum atomic E-state index is -4.56. The zero-order chi connectivity index (χ0) is 16.0. The van der Waals surface area contributed by atoms with Crippen LogP contribution in [-0.4, -0.2) is 19.1 Å². The summed E-state index contributed by atoms with van der Waals surface area (Å²) < 4.78 is 43.7. The molecule has 3 N–H and O–H groups in total. The van der Waals surface area contributed by atoms with E-state index in [-0.39, 0.29) is 18.2 Å². The molecule has 0 saturated heterocycles. The van der Waals surface area contributed by atoms with Crippen LogP contribution in [0.25, 0.3) is 0 Å². The Bertz CT molecular complexity index is 488. The molecule has 1 rings (SSSR count). The lowest BCUT2D eigenvalue weighted by molar-refractivity contribution is -0.139. The van der Waals surface area contributed by atoms with Crippen molar-refractivity contribution >= 4 is 5.91 Å².